The zero-order valence-corrected chi connectivity index (χ0v) is 12.1. The first-order chi connectivity index (χ1) is 10.7. The van der Waals surface area contributed by atoms with E-state index in [1.165, 1.54) is 11.5 Å². The van der Waals surface area contributed by atoms with Crippen LogP contribution >= 0.6 is 0 Å². The Hall–Kier alpha value is -2.95. The normalized spacial score (nSPS) is 10.6. The third-order valence-electron chi connectivity index (χ3n) is 3.45. The lowest BCUT2D eigenvalue weighted by Gasteiger charge is -2.03. The molecule has 0 radical (unpaired) electrons. The molecular weight excluding hydrogens is 278 g/mol. The van der Waals surface area contributed by atoms with Crippen LogP contribution in [-0.2, 0) is 6.54 Å². The Kier molecular flexibility index (Phi) is 3.70. The summed E-state index contributed by atoms with van der Waals surface area (Å²) in [4.78, 5) is 28.3. The lowest BCUT2D eigenvalue weighted by atomic mass is 10.1. The van der Waals surface area contributed by atoms with Gasteiger partial charge in [0, 0.05) is 24.7 Å². The quantitative estimate of drug-likeness (QED) is 0.807. The summed E-state index contributed by atoms with van der Waals surface area (Å²) in [5.41, 5.74) is 2.01. The second-order valence-corrected chi connectivity index (χ2v) is 4.95. The highest BCUT2D eigenvalue weighted by molar-refractivity contribution is 6.09. The van der Waals surface area contributed by atoms with E-state index in [0.717, 1.165) is 16.6 Å². The van der Waals surface area contributed by atoms with Crippen molar-refractivity contribution in [2.24, 2.45) is 0 Å². The Morgan fingerprint density at radius 3 is 2.64 bits per heavy atom. The number of hydrogen-bond donors (Lipinski definition) is 1. The molecule has 1 amide bonds. The van der Waals surface area contributed by atoms with Crippen LogP contribution in [0.5, 0.6) is 0 Å². The molecule has 0 saturated heterocycles. The Bertz CT molecular complexity index is 837. The van der Waals surface area contributed by atoms with Gasteiger partial charge in [0.05, 0.1) is 23.3 Å². The maximum Gasteiger partial charge on any atom is 0.253 e. The van der Waals surface area contributed by atoms with Gasteiger partial charge in [0.25, 0.3) is 5.91 Å². The summed E-state index contributed by atoms with van der Waals surface area (Å²) in [7, 11) is 0. The topological polar surface area (TPSA) is 64.0 Å². The maximum absolute atomic E-state index is 12.4. The third-order valence-corrected chi connectivity index (χ3v) is 3.45. The SMILES string of the molecule is CC(=O)n1cc(C(=O)NCc2ccccn2)c2ccccc21. The molecule has 0 spiro atoms. The van der Waals surface area contributed by atoms with Crippen LogP contribution in [0.15, 0.2) is 54.9 Å². The number of carbonyl (C=O) groups excluding carboxylic acids is 2. The maximum atomic E-state index is 12.4. The summed E-state index contributed by atoms with van der Waals surface area (Å²) in [5.74, 6) is -0.346. The first kappa shape index (κ1) is 14.0. The van der Waals surface area contributed by atoms with E-state index in [9.17, 15) is 9.59 Å². The highest BCUT2D eigenvalue weighted by Crippen LogP contribution is 2.21. The minimum atomic E-state index is -0.221. The fraction of sp³-hybridized carbons (Fsp3) is 0.118. The van der Waals surface area contributed by atoms with Gasteiger partial charge in [-0.15, -0.1) is 0 Å². The second-order valence-electron chi connectivity index (χ2n) is 4.95. The van der Waals surface area contributed by atoms with E-state index >= 15 is 0 Å². The molecule has 0 aliphatic rings. The molecule has 0 atom stereocenters. The number of para-hydroxylation sites is 1. The van der Waals surface area contributed by atoms with Gasteiger partial charge in [0.1, 0.15) is 0 Å². The van der Waals surface area contributed by atoms with Crippen molar-refractivity contribution in [1.82, 2.24) is 14.9 Å². The van der Waals surface area contributed by atoms with Gasteiger partial charge in [0.2, 0.25) is 5.91 Å². The van der Waals surface area contributed by atoms with E-state index in [1.54, 1.807) is 12.4 Å². The molecular formula is C17H15N3O2. The van der Waals surface area contributed by atoms with Crippen molar-refractivity contribution in [2.75, 3.05) is 0 Å². The van der Waals surface area contributed by atoms with Crippen molar-refractivity contribution in [1.29, 1.82) is 0 Å². The smallest absolute Gasteiger partial charge is 0.253 e. The molecule has 0 aliphatic heterocycles. The van der Waals surface area contributed by atoms with E-state index in [2.05, 4.69) is 10.3 Å². The standard InChI is InChI=1S/C17H15N3O2/c1-12(21)20-11-15(14-7-2-3-8-16(14)20)17(22)19-10-13-6-4-5-9-18-13/h2-9,11H,10H2,1H3,(H,19,22). The molecule has 110 valence electrons. The summed E-state index contributed by atoms with van der Waals surface area (Å²) in [6.45, 7) is 1.82. The molecule has 2 heterocycles. The van der Waals surface area contributed by atoms with Gasteiger partial charge in [-0.2, -0.15) is 0 Å². The van der Waals surface area contributed by atoms with Crippen molar-refractivity contribution in [2.45, 2.75) is 13.5 Å². The Labute approximate surface area is 127 Å². The predicted octanol–water partition coefficient (Wildman–Crippen LogP) is 2.63. The number of aromatic nitrogens is 2. The van der Waals surface area contributed by atoms with Gasteiger partial charge in [-0.3, -0.25) is 19.1 Å². The monoisotopic (exact) mass is 293 g/mol. The molecule has 0 unspecified atom stereocenters. The highest BCUT2D eigenvalue weighted by Gasteiger charge is 2.16. The fourth-order valence-electron chi connectivity index (χ4n) is 2.39. The minimum Gasteiger partial charge on any atom is -0.346 e. The third kappa shape index (κ3) is 2.61. The Balaban J connectivity index is 1.89. The van der Waals surface area contributed by atoms with E-state index < -0.39 is 0 Å². The van der Waals surface area contributed by atoms with E-state index in [-0.39, 0.29) is 11.8 Å². The van der Waals surface area contributed by atoms with Crippen molar-refractivity contribution in [3.8, 4) is 0 Å². The molecule has 0 aliphatic carbocycles. The van der Waals surface area contributed by atoms with Crippen molar-refractivity contribution in [3.63, 3.8) is 0 Å². The molecule has 0 bridgehead atoms. The van der Waals surface area contributed by atoms with Crippen LogP contribution in [0.2, 0.25) is 0 Å². The van der Waals surface area contributed by atoms with Gasteiger partial charge in [0.15, 0.2) is 0 Å². The largest absolute Gasteiger partial charge is 0.346 e. The predicted molar refractivity (Wildman–Crippen MR) is 83.6 cm³/mol. The van der Waals surface area contributed by atoms with Crippen LogP contribution in [0.25, 0.3) is 10.9 Å². The van der Waals surface area contributed by atoms with Crippen LogP contribution in [0.3, 0.4) is 0 Å². The summed E-state index contributed by atoms with van der Waals surface area (Å²) in [5, 5.41) is 3.59. The number of pyridine rings is 1. The Morgan fingerprint density at radius 2 is 1.91 bits per heavy atom. The molecule has 2 aromatic heterocycles. The minimum absolute atomic E-state index is 0.125. The summed E-state index contributed by atoms with van der Waals surface area (Å²) in [6.07, 6.45) is 3.27. The first-order valence-corrected chi connectivity index (χ1v) is 6.96. The molecule has 5 heteroatoms. The van der Waals surface area contributed by atoms with Gasteiger partial charge in [-0.1, -0.05) is 24.3 Å². The molecule has 3 rings (SSSR count). The van der Waals surface area contributed by atoms with E-state index in [0.29, 0.717) is 12.1 Å². The molecule has 0 fully saturated rings. The van der Waals surface area contributed by atoms with Gasteiger partial charge < -0.3 is 5.32 Å². The van der Waals surface area contributed by atoms with Crippen molar-refractivity contribution < 1.29 is 9.59 Å². The number of carbonyl (C=O) groups is 2. The van der Waals surface area contributed by atoms with Crippen LogP contribution in [0.1, 0.15) is 27.8 Å². The molecule has 5 nitrogen and oxygen atoms in total. The summed E-state index contributed by atoms with van der Waals surface area (Å²) in [6, 6.07) is 12.9. The Morgan fingerprint density at radius 1 is 1.14 bits per heavy atom. The van der Waals surface area contributed by atoms with Crippen LogP contribution in [0.4, 0.5) is 0 Å². The van der Waals surface area contributed by atoms with Crippen LogP contribution < -0.4 is 5.32 Å². The van der Waals surface area contributed by atoms with Crippen molar-refractivity contribution >= 4 is 22.7 Å². The molecule has 22 heavy (non-hydrogen) atoms. The lowest BCUT2D eigenvalue weighted by Crippen LogP contribution is -2.23. The average Bonchev–Trinajstić information content (AvgIpc) is 2.93. The first-order valence-electron chi connectivity index (χ1n) is 6.96. The molecule has 1 aromatic carbocycles. The zero-order valence-electron chi connectivity index (χ0n) is 12.1. The van der Waals surface area contributed by atoms with Gasteiger partial charge >= 0.3 is 0 Å². The van der Waals surface area contributed by atoms with Gasteiger partial charge in [-0.25, -0.2) is 0 Å². The van der Waals surface area contributed by atoms with Gasteiger partial charge in [-0.05, 0) is 18.2 Å². The number of benzene rings is 1. The van der Waals surface area contributed by atoms with Crippen LogP contribution in [-0.4, -0.2) is 21.4 Å². The number of amides is 1. The second kappa shape index (κ2) is 5.81. The average molecular weight is 293 g/mol. The van der Waals surface area contributed by atoms with E-state index in [1.807, 2.05) is 42.5 Å². The van der Waals surface area contributed by atoms with E-state index in [4.69, 9.17) is 0 Å². The molecule has 3 aromatic rings. The molecule has 0 saturated carbocycles. The van der Waals surface area contributed by atoms with Crippen molar-refractivity contribution in [3.05, 3.63) is 66.1 Å². The number of hydrogen-bond acceptors (Lipinski definition) is 3. The zero-order chi connectivity index (χ0) is 15.5. The summed E-state index contributed by atoms with van der Waals surface area (Å²) < 4.78 is 1.49. The lowest BCUT2D eigenvalue weighted by molar-refractivity contribution is 0.0941. The summed E-state index contributed by atoms with van der Waals surface area (Å²) >= 11 is 0. The van der Waals surface area contributed by atoms with Crippen LogP contribution in [0, 0.1) is 0 Å². The number of fused-ring (bicyclic) bond motifs is 1. The highest BCUT2D eigenvalue weighted by atomic mass is 16.2. The number of nitrogens with one attached hydrogen (secondary N) is 1. The fourth-order valence-corrected chi connectivity index (χ4v) is 2.39. The molecule has 1 N–H and O–H groups in total. The number of rotatable bonds is 3. The number of nitrogens with zero attached hydrogens (tertiary/aromatic N) is 2.